The Hall–Kier alpha value is -2.17. The molecule has 1 atom stereocenters. The van der Waals surface area contributed by atoms with Crippen molar-refractivity contribution >= 4 is 12.0 Å². The smallest absolute Gasteiger partial charge is 0.230 e. The van der Waals surface area contributed by atoms with Gasteiger partial charge in [-0.05, 0) is 30.0 Å². The number of fused-ring (bicyclic) bond motifs is 1. The van der Waals surface area contributed by atoms with E-state index in [0.29, 0.717) is 0 Å². The number of carbonyl (C=O) groups is 1. The lowest BCUT2D eigenvalue weighted by Crippen LogP contribution is -2.40. The third-order valence-corrected chi connectivity index (χ3v) is 4.64. The molecule has 1 aliphatic heterocycles. The Morgan fingerprint density at radius 2 is 1.95 bits per heavy atom. The minimum Gasteiger partial charge on any atom is -0.305 e. The average molecular weight is 300 g/mol. The van der Waals surface area contributed by atoms with Crippen LogP contribution in [-0.2, 0) is 4.79 Å². The molecule has 1 heterocycles. The maximum absolute atomic E-state index is 12.8. The molecule has 0 aromatic heterocycles. The van der Waals surface area contributed by atoms with Gasteiger partial charge in [0.25, 0.3) is 0 Å². The van der Waals surface area contributed by atoms with Gasteiger partial charge in [0.1, 0.15) is 6.04 Å². The highest BCUT2D eigenvalue weighted by molar-refractivity contribution is 5.82. The van der Waals surface area contributed by atoms with Gasteiger partial charge < -0.3 is 4.90 Å². The molecule has 0 spiro atoms. The van der Waals surface area contributed by atoms with Gasteiger partial charge in [0.15, 0.2) is 0 Å². The topological polar surface area (TPSA) is 63.5 Å². The van der Waals surface area contributed by atoms with Crippen molar-refractivity contribution in [3.8, 4) is 0 Å². The van der Waals surface area contributed by atoms with Gasteiger partial charge >= 0.3 is 0 Å². The van der Waals surface area contributed by atoms with Crippen LogP contribution >= 0.6 is 0 Å². The number of nitro groups is 1. The number of nitrogens with zero attached hydrogens (tertiary/aromatic N) is 2. The highest BCUT2D eigenvalue weighted by Gasteiger charge is 2.35. The SMILES string of the molecule is O=C(C1CCCCC1)N1C=Cc2ccccc2[C@@H]1C[N+](=O)[O-]. The van der Waals surface area contributed by atoms with Gasteiger partial charge in [-0.25, -0.2) is 0 Å². The van der Waals surface area contributed by atoms with Crippen LogP contribution in [0.15, 0.2) is 30.5 Å². The predicted octanol–water partition coefficient (Wildman–Crippen LogP) is 3.40. The molecule has 1 aliphatic carbocycles. The second-order valence-electron chi connectivity index (χ2n) is 6.06. The van der Waals surface area contributed by atoms with Crippen LogP contribution in [0.2, 0.25) is 0 Å². The van der Waals surface area contributed by atoms with Gasteiger partial charge in [-0.3, -0.25) is 14.9 Å². The van der Waals surface area contributed by atoms with Crippen LogP contribution in [-0.4, -0.2) is 22.3 Å². The summed E-state index contributed by atoms with van der Waals surface area (Å²) in [7, 11) is 0. The molecule has 0 unspecified atom stereocenters. The van der Waals surface area contributed by atoms with Gasteiger partial charge in [-0.15, -0.1) is 0 Å². The van der Waals surface area contributed by atoms with E-state index in [-0.39, 0.29) is 23.3 Å². The first-order valence-corrected chi connectivity index (χ1v) is 7.88. The zero-order valence-corrected chi connectivity index (χ0v) is 12.5. The van der Waals surface area contributed by atoms with Crippen molar-refractivity contribution in [2.45, 2.75) is 38.1 Å². The Kier molecular flexibility index (Phi) is 4.22. The minimum absolute atomic E-state index is 0.0120. The summed E-state index contributed by atoms with van der Waals surface area (Å²) in [4.78, 5) is 25.1. The molecule has 1 amide bonds. The van der Waals surface area contributed by atoms with Crippen LogP contribution in [0.5, 0.6) is 0 Å². The molecule has 116 valence electrons. The lowest BCUT2D eigenvalue weighted by molar-refractivity contribution is -0.486. The monoisotopic (exact) mass is 300 g/mol. The molecule has 0 N–H and O–H groups in total. The molecule has 22 heavy (non-hydrogen) atoms. The Morgan fingerprint density at radius 3 is 2.68 bits per heavy atom. The largest absolute Gasteiger partial charge is 0.305 e. The Morgan fingerprint density at radius 1 is 1.23 bits per heavy atom. The molecule has 0 saturated heterocycles. The van der Waals surface area contributed by atoms with Crippen molar-refractivity contribution in [2.24, 2.45) is 5.92 Å². The first-order chi connectivity index (χ1) is 10.7. The number of carbonyl (C=O) groups excluding carboxylic acids is 1. The van der Waals surface area contributed by atoms with Crippen molar-refractivity contribution in [3.05, 3.63) is 51.7 Å². The van der Waals surface area contributed by atoms with E-state index in [9.17, 15) is 14.9 Å². The number of hydrogen-bond donors (Lipinski definition) is 0. The maximum Gasteiger partial charge on any atom is 0.230 e. The third kappa shape index (κ3) is 2.89. The van der Waals surface area contributed by atoms with E-state index >= 15 is 0 Å². The van der Waals surface area contributed by atoms with E-state index in [1.165, 1.54) is 6.42 Å². The molecule has 1 aromatic carbocycles. The van der Waals surface area contributed by atoms with E-state index in [4.69, 9.17) is 0 Å². The summed E-state index contributed by atoms with van der Waals surface area (Å²) in [5.74, 6) is 0.0511. The lowest BCUT2D eigenvalue weighted by atomic mass is 9.87. The standard InChI is InChI=1S/C17H20N2O3/c20-17(14-7-2-1-3-8-14)18-11-10-13-6-4-5-9-15(13)16(18)12-19(21)22/h4-6,9-11,14,16H,1-3,7-8,12H2/t16-/m0/s1. The van der Waals surface area contributed by atoms with E-state index in [1.54, 1.807) is 11.1 Å². The third-order valence-electron chi connectivity index (χ3n) is 4.64. The molecule has 5 nitrogen and oxygen atoms in total. The molecule has 2 aliphatic rings. The molecule has 1 fully saturated rings. The van der Waals surface area contributed by atoms with Crippen LogP contribution in [0.25, 0.3) is 6.08 Å². The Balaban J connectivity index is 1.89. The van der Waals surface area contributed by atoms with Gasteiger partial charge in [0, 0.05) is 17.0 Å². The molecule has 3 rings (SSSR count). The first-order valence-electron chi connectivity index (χ1n) is 7.88. The summed E-state index contributed by atoms with van der Waals surface area (Å²) in [5.41, 5.74) is 1.83. The summed E-state index contributed by atoms with van der Waals surface area (Å²) in [6.07, 6.45) is 8.74. The van der Waals surface area contributed by atoms with E-state index in [2.05, 4.69) is 0 Å². The zero-order valence-electron chi connectivity index (χ0n) is 12.5. The molecule has 1 aromatic rings. The highest BCUT2D eigenvalue weighted by atomic mass is 16.6. The second-order valence-corrected chi connectivity index (χ2v) is 6.06. The number of hydrogen-bond acceptors (Lipinski definition) is 3. The highest BCUT2D eigenvalue weighted by Crippen LogP contribution is 2.34. The normalized spacial score (nSPS) is 21.5. The van der Waals surface area contributed by atoms with Gasteiger partial charge in [-0.2, -0.15) is 0 Å². The number of rotatable bonds is 3. The average Bonchev–Trinajstić information content (AvgIpc) is 2.55. The van der Waals surface area contributed by atoms with Crippen molar-refractivity contribution in [1.82, 2.24) is 4.90 Å². The van der Waals surface area contributed by atoms with Crippen molar-refractivity contribution in [3.63, 3.8) is 0 Å². The van der Waals surface area contributed by atoms with Crippen molar-refractivity contribution in [1.29, 1.82) is 0 Å². The fourth-order valence-corrected chi connectivity index (χ4v) is 3.50. The van der Waals surface area contributed by atoms with Crippen LogP contribution in [0, 0.1) is 16.0 Å². The van der Waals surface area contributed by atoms with Crippen LogP contribution < -0.4 is 0 Å². The van der Waals surface area contributed by atoms with E-state index in [1.807, 2.05) is 30.3 Å². The van der Waals surface area contributed by atoms with Crippen LogP contribution in [0.4, 0.5) is 0 Å². The van der Waals surface area contributed by atoms with Gasteiger partial charge in [-0.1, -0.05) is 43.5 Å². The van der Waals surface area contributed by atoms with E-state index < -0.39 is 6.04 Å². The molecule has 5 heteroatoms. The van der Waals surface area contributed by atoms with Crippen LogP contribution in [0.3, 0.4) is 0 Å². The quantitative estimate of drug-likeness (QED) is 0.635. The summed E-state index contributed by atoms with van der Waals surface area (Å²) >= 11 is 0. The fraction of sp³-hybridized carbons (Fsp3) is 0.471. The maximum atomic E-state index is 12.8. The number of amides is 1. The van der Waals surface area contributed by atoms with Gasteiger partial charge in [0.2, 0.25) is 12.5 Å². The number of benzene rings is 1. The lowest BCUT2D eigenvalue weighted by Gasteiger charge is -2.34. The molecule has 0 radical (unpaired) electrons. The zero-order chi connectivity index (χ0) is 15.5. The van der Waals surface area contributed by atoms with E-state index in [0.717, 1.165) is 36.8 Å². The molecule has 0 bridgehead atoms. The second kappa shape index (κ2) is 6.30. The Labute approximate surface area is 129 Å². The minimum atomic E-state index is -0.495. The van der Waals surface area contributed by atoms with Crippen molar-refractivity contribution < 1.29 is 9.72 Å². The van der Waals surface area contributed by atoms with Crippen LogP contribution in [0.1, 0.15) is 49.3 Å². The van der Waals surface area contributed by atoms with Gasteiger partial charge in [0.05, 0.1) is 0 Å². The first kappa shape index (κ1) is 14.8. The molecule has 1 saturated carbocycles. The molecular formula is C17H20N2O3. The summed E-state index contributed by atoms with van der Waals surface area (Å²) in [5, 5.41) is 11.1. The Bertz CT molecular complexity index is 606. The summed E-state index contributed by atoms with van der Waals surface area (Å²) in [6, 6.07) is 7.10. The van der Waals surface area contributed by atoms with Crippen molar-refractivity contribution in [2.75, 3.05) is 6.54 Å². The molecular weight excluding hydrogens is 280 g/mol. The predicted molar refractivity (Wildman–Crippen MR) is 83.5 cm³/mol. The summed E-state index contributed by atoms with van der Waals surface area (Å²) in [6.45, 7) is -0.250. The summed E-state index contributed by atoms with van der Waals surface area (Å²) < 4.78 is 0. The fourth-order valence-electron chi connectivity index (χ4n) is 3.50.